The summed E-state index contributed by atoms with van der Waals surface area (Å²) in [6, 6.07) is 10.4. The fourth-order valence-corrected chi connectivity index (χ4v) is 2.29. The van der Waals surface area contributed by atoms with Crippen molar-refractivity contribution in [3.8, 4) is 0 Å². The van der Waals surface area contributed by atoms with Crippen molar-refractivity contribution >= 4 is 29.1 Å². The Bertz CT molecular complexity index is 580. The Labute approximate surface area is 130 Å². The van der Waals surface area contributed by atoms with E-state index >= 15 is 0 Å². The predicted molar refractivity (Wildman–Crippen MR) is 91.8 cm³/mol. The Morgan fingerprint density at radius 1 is 1.00 bits per heavy atom. The van der Waals surface area contributed by atoms with Gasteiger partial charge in [-0.2, -0.15) is 0 Å². The van der Waals surface area contributed by atoms with Crippen LogP contribution in [0.3, 0.4) is 0 Å². The Kier molecular flexibility index (Phi) is 4.73. The van der Waals surface area contributed by atoms with Crippen LogP contribution >= 0.6 is 11.8 Å². The molecule has 1 heterocycles. The van der Waals surface area contributed by atoms with Crippen LogP contribution in [0.1, 0.15) is 26.3 Å². The van der Waals surface area contributed by atoms with Crippen molar-refractivity contribution in [2.45, 2.75) is 31.3 Å². The highest BCUT2D eigenvalue weighted by molar-refractivity contribution is 7.98. The number of benzene rings is 1. The Morgan fingerprint density at radius 2 is 1.62 bits per heavy atom. The molecule has 0 aliphatic carbocycles. The zero-order valence-corrected chi connectivity index (χ0v) is 14.0. The van der Waals surface area contributed by atoms with Crippen LogP contribution in [0.4, 0.5) is 17.3 Å². The molecule has 5 heteroatoms. The van der Waals surface area contributed by atoms with E-state index in [-0.39, 0.29) is 5.41 Å². The van der Waals surface area contributed by atoms with Crippen molar-refractivity contribution in [2.75, 3.05) is 23.9 Å². The predicted octanol–water partition coefficient (Wildman–Crippen LogP) is 4.28. The third kappa shape index (κ3) is 4.11. The topological polar surface area (TPSA) is 49.8 Å². The highest BCUT2D eigenvalue weighted by Gasteiger charge is 2.13. The van der Waals surface area contributed by atoms with Crippen LogP contribution < -0.4 is 10.6 Å². The summed E-state index contributed by atoms with van der Waals surface area (Å²) in [5.74, 6) is 1.60. The van der Waals surface area contributed by atoms with Gasteiger partial charge in [-0.1, -0.05) is 44.7 Å². The minimum absolute atomic E-state index is 0.165. The molecule has 21 heavy (non-hydrogen) atoms. The summed E-state index contributed by atoms with van der Waals surface area (Å²) in [6.45, 7) is 6.64. The van der Waals surface area contributed by atoms with Crippen LogP contribution in [0.25, 0.3) is 0 Å². The fourth-order valence-electron chi connectivity index (χ4n) is 1.91. The van der Waals surface area contributed by atoms with Crippen LogP contribution in [0, 0.1) is 0 Å². The quantitative estimate of drug-likeness (QED) is 0.652. The largest absolute Gasteiger partial charge is 0.373 e. The van der Waals surface area contributed by atoms with E-state index in [0.29, 0.717) is 0 Å². The van der Waals surface area contributed by atoms with Gasteiger partial charge in [-0.25, -0.2) is 9.97 Å². The van der Waals surface area contributed by atoms with Crippen LogP contribution in [0.2, 0.25) is 0 Å². The van der Waals surface area contributed by atoms with E-state index < -0.39 is 0 Å². The van der Waals surface area contributed by atoms with Crippen molar-refractivity contribution in [3.63, 3.8) is 0 Å². The van der Waals surface area contributed by atoms with Gasteiger partial charge in [-0.05, 0) is 29.4 Å². The van der Waals surface area contributed by atoms with Crippen LogP contribution in [-0.4, -0.2) is 23.3 Å². The Balaban J connectivity index is 2.22. The standard InChI is InChI=1S/C16H22N4S/c1-16(2,3)11-6-8-12(9-7-11)18-14-10-13(17-4)19-15(20-14)21-5/h6-10H,1-5H3,(H2,17,18,19,20). The van der Waals surface area contributed by atoms with Gasteiger partial charge in [-0.3, -0.25) is 0 Å². The average molecular weight is 302 g/mol. The van der Waals surface area contributed by atoms with Crippen LogP contribution in [0.5, 0.6) is 0 Å². The maximum atomic E-state index is 4.47. The summed E-state index contributed by atoms with van der Waals surface area (Å²) < 4.78 is 0. The van der Waals surface area contributed by atoms with E-state index in [1.807, 2.05) is 19.4 Å². The van der Waals surface area contributed by atoms with Gasteiger partial charge in [-0.15, -0.1) is 0 Å². The van der Waals surface area contributed by atoms with Crippen molar-refractivity contribution in [1.29, 1.82) is 0 Å². The van der Waals surface area contributed by atoms with Crippen molar-refractivity contribution in [2.24, 2.45) is 0 Å². The Hall–Kier alpha value is -1.75. The lowest BCUT2D eigenvalue weighted by Crippen LogP contribution is -2.10. The first kappa shape index (κ1) is 15.6. The maximum absolute atomic E-state index is 4.47. The number of aromatic nitrogens is 2. The summed E-state index contributed by atoms with van der Waals surface area (Å²) in [5, 5.41) is 7.13. The normalized spacial score (nSPS) is 11.3. The lowest BCUT2D eigenvalue weighted by molar-refractivity contribution is 0.590. The van der Waals surface area contributed by atoms with Gasteiger partial charge in [0.15, 0.2) is 5.16 Å². The van der Waals surface area contributed by atoms with E-state index in [4.69, 9.17) is 0 Å². The average Bonchev–Trinajstić information content (AvgIpc) is 2.46. The zero-order chi connectivity index (χ0) is 15.5. The first-order valence-corrected chi connectivity index (χ1v) is 8.13. The molecule has 1 aromatic heterocycles. The monoisotopic (exact) mass is 302 g/mol. The molecule has 112 valence electrons. The zero-order valence-electron chi connectivity index (χ0n) is 13.2. The number of nitrogens with zero attached hydrogens (tertiary/aromatic N) is 2. The second-order valence-electron chi connectivity index (χ2n) is 5.83. The molecule has 0 aliphatic heterocycles. The molecule has 0 unspecified atom stereocenters. The van der Waals surface area contributed by atoms with Crippen molar-refractivity contribution < 1.29 is 0 Å². The number of thioether (sulfide) groups is 1. The molecule has 1 aromatic carbocycles. The molecular weight excluding hydrogens is 280 g/mol. The van der Waals surface area contributed by atoms with Gasteiger partial charge in [0.05, 0.1) is 0 Å². The summed E-state index contributed by atoms with van der Waals surface area (Å²) in [6.07, 6.45) is 1.97. The summed E-state index contributed by atoms with van der Waals surface area (Å²) in [5.41, 5.74) is 2.51. The molecule has 4 nitrogen and oxygen atoms in total. The molecule has 0 amide bonds. The highest BCUT2D eigenvalue weighted by Crippen LogP contribution is 2.25. The number of rotatable bonds is 4. The van der Waals surface area contributed by atoms with E-state index in [1.54, 1.807) is 0 Å². The molecule has 0 saturated heterocycles. The van der Waals surface area contributed by atoms with Gasteiger partial charge in [0.1, 0.15) is 11.6 Å². The van der Waals surface area contributed by atoms with E-state index in [2.05, 4.69) is 65.6 Å². The fraction of sp³-hybridized carbons (Fsp3) is 0.375. The number of nitrogens with one attached hydrogen (secondary N) is 2. The van der Waals surface area contributed by atoms with Gasteiger partial charge in [0.25, 0.3) is 0 Å². The van der Waals surface area contributed by atoms with Crippen LogP contribution in [0.15, 0.2) is 35.5 Å². The minimum Gasteiger partial charge on any atom is -0.373 e. The minimum atomic E-state index is 0.165. The lowest BCUT2D eigenvalue weighted by Gasteiger charge is -2.19. The van der Waals surface area contributed by atoms with E-state index in [9.17, 15) is 0 Å². The molecular formula is C16H22N4S. The SMILES string of the molecule is CNc1cc(Nc2ccc(C(C)(C)C)cc2)nc(SC)n1. The molecule has 0 spiro atoms. The first-order chi connectivity index (χ1) is 9.92. The van der Waals surface area contributed by atoms with Crippen molar-refractivity contribution in [1.82, 2.24) is 9.97 Å². The summed E-state index contributed by atoms with van der Waals surface area (Å²) >= 11 is 1.53. The molecule has 0 bridgehead atoms. The van der Waals surface area contributed by atoms with Gasteiger partial charge in [0.2, 0.25) is 0 Å². The number of hydrogen-bond acceptors (Lipinski definition) is 5. The van der Waals surface area contributed by atoms with Crippen LogP contribution in [-0.2, 0) is 5.41 Å². The summed E-state index contributed by atoms with van der Waals surface area (Å²) in [7, 11) is 1.86. The van der Waals surface area contributed by atoms with E-state index in [0.717, 1.165) is 22.5 Å². The van der Waals surface area contributed by atoms with Gasteiger partial charge >= 0.3 is 0 Å². The third-order valence-corrected chi connectivity index (χ3v) is 3.72. The molecule has 0 aliphatic rings. The van der Waals surface area contributed by atoms with Gasteiger partial charge < -0.3 is 10.6 Å². The Morgan fingerprint density at radius 3 is 2.14 bits per heavy atom. The first-order valence-electron chi connectivity index (χ1n) is 6.91. The number of anilines is 3. The second-order valence-corrected chi connectivity index (χ2v) is 6.60. The molecule has 0 saturated carbocycles. The molecule has 2 rings (SSSR count). The van der Waals surface area contributed by atoms with E-state index in [1.165, 1.54) is 17.3 Å². The molecule has 2 N–H and O–H groups in total. The maximum Gasteiger partial charge on any atom is 0.191 e. The van der Waals surface area contributed by atoms with Crippen molar-refractivity contribution in [3.05, 3.63) is 35.9 Å². The number of hydrogen-bond donors (Lipinski definition) is 2. The molecule has 0 fully saturated rings. The lowest BCUT2D eigenvalue weighted by atomic mass is 9.87. The molecule has 0 atom stereocenters. The summed E-state index contributed by atoms with van der Waals surface area (Å²) in [4.78, 5) is 8.83. The second kappa shape index (κ2) is 6.35. The highest BCUT2D eigenvalue weighted by atomic mass is 32.2. The molecule has 2 aromatic rings. The third-order valence-electron chi connectivity index (χ3n) is 3.17. The van der Waals surface area contributed by atoms with Gasteiger partial charge in [0, 0.05) is 18.8 Å². The smallest absolute Gasteiger partial charge is 0.191 e. The molecule has 0 radical (unpaired) electrons.